The molecule has 0 aromatic rings. The highest BCUT2D eigenvalue weighted by atomic mass is 31.2. The van der Waals surface area contributed by atoms with Crippen LogP contribution < -0.4 is 10.2 Å². The summed E-state index contributed by atoms with van der Waals surface area (Å²) in [6, 6.07) is 0. The van der Waals surface area contributed by atoms with Crippen LogP contribution in [-0.2, 0) is 9.09 Å². The average molecular weight is 399 g/mol. The number of nitrogens with zero attached hydrogens (tertiary/aromatic N) is 1. The largest absolute Gasteiger partial charge is 0.756 e. The zero-order valence-electron chi connectivity index (χ0n) is 17.4. The number of likely N-dealkylation sites (N-methyl/N-ethyl adjacent to an activating group) is 1. The third-order valence-corrected chi connectivity index (χ3v) is 4.27. The third kappa shape index (κ3) is 31.7. The quantitative estimate of drug-likeness (QED) is 0.209. The van der Waals surface area contributed by atoms with Gasteiger partial charge in [0.05, 0.1) is 27.7 Å². The Kier molecular flexibility index (Phi) is 19.9. The Hall–Kier alpha value is -0.0100. The van der Waals surface area contributed by atoms with Crippen molar-refractivity contribution in [1.82, 2.24) is 5.32 Å². The van der Waals surface area contributed by atoms with Crippen molar-refractivity contribution in [2.75, 3.05) is 54.0 Å². The first-order valence-electron chi connectivity index (χ1n) is 9.92. The monoisotopic (exact) mass is 398 g/mol. The van der Waals surface area contributed by atoms with Gasteiger partial charge in [0.1, 0.15) is 13.2 Å². The van der Waals surface area contributed by atoms with Crippen LogP contribution in [0.25, 0.3) is 0 Å². The summed E-state index contributed by atoms with van der Waals surface area (Å²) in [4.78, 5) is 18.3. The fourth-order valence-electron chi connectivity index (χ4n) is 2.19. The summed E-state index contributed by atoms with van der Waals surface area (Å²) in [6.45, 7) is 4.89. The van der Waals surface area contributed by atoms with E-state index in [2.05, 4.69) is 16.8 Å². The number of aliphatic hydroxyl groups is 1. The summed E-state index contributed by atoms with van der Waals surface area (Å²) in [5, 5.41) is 11.8. The normalized spacial score (nSPS) is 13.8. The molecule has 0 spiro atoms. The maximum Gasteiger partial charge on any atom is 0.265 e. The predicted octanol–water partition coefficient (Wildman–Crippen LogP) is 2.27. The maximum atomic E-state index is 10.1. The predicted molar refractivity (Wildman–Crippen MR) is 106 cm³/mol. The molecule has 26 heavy (non-hydrogen) atoms. The molecule has 3 N–H and O–H groups in total. The molecule has 0 fully saturated rings. The van der Waals surface area contributed by atoms with Crippen molar-refractivity contribution in [1.29, 1.82) is 0 Å². The van der Waals surface area contributed by atoms with Crippen molar-refractivity contribution in [3.8, 4) is 0 Å². The summed E-state index contributed by atoms with van der Waals surface area (Å²) < 4.78 is 14.8. The number of phosphoric acid groups is 1. The molecule has 0 radical (unpaired) electrons. The zero-order valence-corrected chi connectivity index (χ0v) is 18.3. The molecule has 0 saturated heterocycles. The minimum atomic E-state index is -4.51. The number of hydrogen-bond donors (Lipinski definition) is 3. The van der Waals surface area contributed by atoms with Crippen LogP contribution in [0.5, 0.6) is 0 Å². The van der Waals surface area contributed by atoms with Crippen LogP contribution in [0.15, 0.2) is 0 Å². The van der Waals surface area contributed by atoms with Gasteiger partial charge in [0.15, 0.2) is 0 Å². The van der Waals surface area contributed by atoms with E-state index in [4.69, 9.17) is 10.00 Å². The SMILES string of the molecule is CCCCCCCCCCCNCCO.C[N+](C)(C)CCOP(=O)([O-])O. The highest BCUT2D eigenvalue weighted by molar-refractivity contribution is 7.44. The van der Waals surface area contributed by atoms with Crippen LogP contribution in [-0.4, -0.2) is 68.5 Å². The number of hydrogen-bond acceptors (Lipinski definition) is 5. The fourth-order valence-corrected chi connectivity index (χ4v) is 2.51. The van der Waals surface area contributed by atoms with Crippen LogP contribution in [0.1, 0.15) is 64.7 Å². The van der Waals surface area contributed by atoms with E-state index in [9.17, 15) is 9.46 Å². The molecule has 0 aromatic heterocycles. The first-order valence-corrected chi connectivity index (χ1v) is 11.4. The molecule has 7 nitrogen and oxygen atoms in total. The molecule has 8 heteroatoms. The van der Waals surface area contributed by atoms with Gasteiger partial charge in [-0.2, -0.15) is 0 Å². The molecule has 0 aliphatic rings. The van der Waals surface area contributed by atoms with Gasteiger partial charge < -0.3 is 29.2 Å². The summed E-state index contributed by atoms with van der Waals surface area (Å²) >= 11 is 0. The molecule has 1 unspecified atom stereocenters. The van der Waals surface area contributed by atoms with Crippen molar-refractivity contribution in [2.45, 2.75) is 64.7 Å². The van der Waals surface area contributed by atoms with Crippen LogP contribution in [0.2, 0.25) is 0 Å². The minimum Gasteiger partial charge on any atom is -0.756 e. The van der Waals surface area contributed by atoms with Crippen LogP contribution >= 0.6 is 7.82 Å². The fraction of sp³-hybridized carbons (Fsp3) is 1.00. The van der Waals surface area contributed by atoms with Gasteiger partial charge in [-0.3, -0.25) is 4.57 Å². The van der Waals surface area contributed by atoms with Gasteiger partial charge in [0, 0.05) is 6.54 Å². The molecule has 0 rings (SSSR count). The molecule has 160 valence electrons. The second kappa shape index (κ2) is 18.4. The lowest BCUT2D eigenvalue weighted by Crippen LogP contribution is -2.37. The van der Waals surface area contributed by atoms with Gasteiger partial charge in [0.2, 0.25) is 0 Å². The molecular weight excluding hydrogens is 355 g/mol. The molecule has 0 amide bonds. The van der Waals surface area contributed by atoms with Gasteiger partial charge in [-0.15, -0.1) is 0 Å². The van der Waals surface area contributed by atoms with E-state index in [0.717, 1.165) is 13.1 Å². The molecule has 1 atom stereocenters. The Morgan fingerprint density at radius 2 is 1.46 bits per heavy atom. The van der Waals surface area contributed by atoms with E-state index in [0.29, 0.717) is 11.0 Å². The van der Waals surface area contributed by atoms with Crippen molar-refractivity contribution in [3.63, 3.8) is 0 Å². The van der Waals surface area contributed by atoms with Crippen molar-refractivity contribution in [3.05, 3.63) is 0 Å². The number of quaternary nitrogens is 1. The van der Waals surface area contributed by atoms with E-state index in [-0.39, 0.29) is 13.2 Å². The van der Waals surface area contributed by atoms with Gasteiger partial charge in [-0.25, -0.2) is 0 Å². The Bertz CT molecular complexity index is 320. The second-order valence-corrected chi connectivity index (χ2v) is 8.81. The summed E-state index contributed by atoms with van der Waals surface area (Å²) in [6.07, 6.45) is 12.4. The molecule has 0 aromatic carbocycles. The lowest BCUT2D eigenvalue weighted by Gasteiger charge is -2.25. The van der Waals surface area contributed by atoms with Crippen molar-refractivity contribution < 1.29 is 28.5 Å². The Labute approximate surface area is 161 Å². The highest BCUT2D eigenvalue weighted by Crippen LogP contribution is 2.29. The van der Waals surface area contributed by atoms with Gasteiger partial charge in [0.25, 0.3) is 7.82 Å². The molecule has 0 saturated carbocycles. The zero-order chi connectivity index (χ0) is 20.3. The number of nitrogens with one attached hydrogen (secondary N) is 1. The standard InChI is InChI=1S/C13H29NO.C5H14NO4P/c1-2-3-4-5-6-7-8-9-10-11-14-12-13-15;1-6(2,3)4-5-10-11(7,8)9/h14-15H,2-13H2,1H3;4-5H2,1-3H3,(H-,7,8,9). The average Bonchev–Trinajstić information content (AvgIpc) is 2.51. The molecule has 0 heterocycles. The number of phosphoric ester groups is 1. The first-order chi connectivity index (χ1) is 12.1. The van der Waals surface area contributed by atoms with Crippen molar-refractivity contribution in [2.24, 2.45) is 0 Å². The van der Waals surface area contributed by atoms with Crippen LogP contribution in [0.3, 0.4) is 0 Å². The minimum absolute atomic E-state index is 0.0147. The molecule has 0 aliphatic heterocycles. The summed E-state index contributed by atoms with van der Waals surface area (Å²) in [5.74, 6) is 0. The molecule has 0 aliphatic carbocycles. The lowest BCUT2D eigenvalue weighted by atomic mass is 10.1. The number of unbranched alkanes of at least 4 members (excludes halogenated alkanes) is 8. The molecular formula is C18H43N2O5P. The van der Waals surface area contributed by atoms with E-state index in [1.807, 2.05) is 21.1 Å². The highest BCUT2D eigenvalue weighted by Gasteiger charge is 2.08. The van der Waals surface area contributed by atoms with E-state index < -0.39 is 7.82 Å². The summed E-state index contributed by atoms with van der Waals surface area (Å²) in [5.41, 5.74) is 0. The molecule has 0 bridgehead atoms. The smallest absolute Gasteiger partial charge is 0.265 e. The Balaban J connectivity index is 0. The number of rotatable bonds is 16. The summed E-state index contributed by atoms with van der Waals surface area (Å²) in [7, 11) is 1.19. The Morgan fingerprint density at radius 1 is 0.962 bits per heavy atom. The lowest BCUT2D eigenvalue weighted by molar-refractivity contribution is -0.870. The van der Waals surface area contributed by atoms with E-state index in [1.165, 1.54) is 57.8 Å². The third-order valence-electron chi connectivity index (χ3n) is 3.76. The van der Waals surface area contributed by atoms with Crippen LogP contribution in [0, 0.1) is 0 Å². The maximum absolute atomic E-state index is 10.1. The van der Waals surface area contributed by atoms with Crippen LogP contribution in [0.4, 0.5) is 0 Å². The first kappa shape index (κ1) is 28.2. The van der Waals surface area contributed by atoms with E-state index >= 15 is 0 Å². The Morgan fingerprint density at radius 3 is 1.88 bits per heavy atom. The second-order valence-electron chi connectivity index (χ2n) is 7.62. The van der Waals surface area contributed by atoms with Gasteiger partial charge in [-0.1, -0.05) is 58.3 Å². The topological polar surface area (TPSA) is 102 Å². The van der Waals surface area contributed by atoms with Crippen molar-refractivity contribution >= 4 is 7.82 Å². The van der Waals surface area contributed by atoms with E-state index in [1.54, 1.807) is 0 Å². The van der Waals surface area contributed by atoms with Gasteiger partial charge in [-0.05, 0) is 13.0 Å². The van der Waals surface area contributed by atoms with Gasteiger partial charge >= 0.3 is 0 Å². The number of aliphatic hydroxyl groups excluding tert-OH is 1.